The van der Waals surface area contributed by atoms with E-state index in [1.807, 2.05) is 24.5 Å². The average Bonchev–Trinajstić information content (AvgIpc) is 3.27. The van der Waals surface area contributed by atoms with Gasteiger partial charge < -0.3 is 20.0 Å². The summed E-state index contributed by atoms with van der Waals surface area (Å²) in [7, 11) is 2.15. The van der Waals surface area contributed by atoms with Crippen LogP contribution in [-0.2, 0) is 13.0 Å². The van der Waals surface area contributed by atoms with Gasteiger partial charge in [-0.25, -0.2) is 4.98 Å². The van der Waals surface area contributed by atoms with Crippen LogP contribution in [0, 0.1) is 0 Å². The number of nitrogens with zero attached hydrogens (tertiary/aromatic N) is 7. The van der Waals surface area contributed by atoms with E-state index >= 15 is 0 Å². The molecule has 0 atom stereocenters. The molecule has 0 aromatic carbocycles. The third kappa shape index (κ3) is 5.63. The molecule has 10 heteroatoms. The zero-order valence-electron chi connectivity index (χ0n) is 19.1. The van der Waals surface area contributed by atoms with E-state index in [-0.39, 0.29) is 0 Å². The Kier molecular flexibility index (Phi) is 6.73. The zero-order valence-corrected chi connectivity index (χ0v) is 19.1. The number of pyridine rings is 1. The number of likely N-dealkylation sites (N-methyl/N-ethyl adjacent to an activating group) is 1. The van der Waals surface area contributed by atoms with Crippen LogP contribution in [0.15, 0.2) is 35.1 Å². The quantitative estimate of drug-likeness (QED) is 0.505. The fourth-order valence-electron chi connectivity index (χ4n) is 3.97. The first-order valence-corrected chi connectivity index (χ1v) is 11.7. The fraction of sp³-hybridized carbons (Fsp3) is 0.522. The van der Waals surface area contributed by atoms with E-state index in [2.05, 4.69) is 47.6 Å². The highest BCUT2D eigenvalue weighted by Crippen LogP contribution is 2.30. The van der Waals surface area contributed by atoms with Crippen LogP contribution in [0.2, 0.25) is 0 Å². The number of nitrogens with one attached hydrogen (secondary N) is 2. The lowest BCUT2D eigenvalue weighted by Crippen LogP contribution is -2.43. The van der Waals surface area contributed by atoms with E-state index in [4.69, 9.17) is 9.40 Å². The van der Waals surface area contributed by atoms with Gasteiger partial charge in [-0.2, -0.15) is 4.98 Å². The third-order valence-electron chi connectivity index (χ3n) is 6.33. The topological polar surface area (TPSA) is 108 Å². The lowest BCUT2D eigenvalue weighted by atomic mass is 9.93. The predicted molar refractivity (Wildman–Crippen MR) is 126 cm³/mol. The highest BCUT2D eigenvalue weighted by molar-refractivity contribution is 5.69. The van der Waals surface area contributed by atoms with Crippen molar-refractivity contribution < 1.29 is 4.42 Å². The van der Waals surface area contributed by atoms with E-state index < -0.39 is 0 Å². The predicted octanol–water partition coefficient (Wildman–Crippen LogP) is 2.29. The van der Waals surface area contributed by atoms with Crippen LogP contribution >= 0.6 is 0 Å². The summed E-state index contributed by atoms with van der Waals surface area (Å²) in [5.41, 5.74) is 1.97. The fourth-order valence-corrected chi connectivity index (χ4v) is 3.97. The van der Waals surface area contributed by atoms with Gasteiger partial charge in [0.05, 0.1) is 12.1 Å². The molecular formula is C23H31N9O. The van der Waals surface area contributed by atoms with Crippen LogP contribution in [0.4, 0.5) is 11.8 Å². The van der Waals surface area contributed by atoms with Crippen molar-refractivity contribution in [3.63, 3.8) is 0 Å². The number of piperazine rings is 1. The lowest BCUT2D eigenvalue weighted by molar-refractivity contribution is 0.138. The van der Waals surface area contributed by atoms with E-state index in [0.29, 0.717) is 30.3 Å². The minimum atomic E-state index is 0.427. The van der Waals surface area contributed by atoms with Crippen molar-refractivity contribution in [3.05, 3.63) is 42.2 Å². The Morgan fingerprint density at radius 3 is 2.67 bits per heavy atom. The first-order chi connectivity index (χ1) is 16.2. The molecule has 1 saturated heterocycles. The van der Waals surface area contributed by atoms with E-state index in [1.54, 1.807) is 6.20 Å². The molecule has 0 spiro atoms. The lowest BCUT2D eigenvalue weighted by Gasteiger charge is -2.31. The Morgan fingerprint density at radius 2 is 1.91 bits per heavy atom. The molecule has 33 heavy (non-hydrogen) atoms. The standard InChI is InChI=1S/C23H31N9O/c1-31-11-13-32(14-12-31)16-20-29-30-22(33-20)19-15-26-23(28-21(19)27-18-3-2-4-18)25-10-7-17-5-8-24-9-6-17/h5-6,8-9,15,18H,2-4,7,10-14,16H2,1H3,(H2,25,26,27,28). The highest BCUT2D eigenvalue weighted by atomic mass is 16.4. The Morgan fingerprint density at radius 1 is 1.09 bits per heavy atom. The van der Waals surface area contributed by atoms with Gasteiger partial charge in [-0.1, -0.05) is 0 Å². The van der Waals surface area contributed by atoms with E-state index in [0.717, 1.165) is 63.4 Å². The van der Waals surface area contributed by atoms with Crippen molar-refractivity contribution in [1.29, 1.82) is 0 Å². The summed E-state index contributed by atoms with van der Waals surface area (Å²) in [6, 6.07) is 4.46. The molecule has 4 heterocycles. The molecule has 2 N–H and O–H groups in total. The van der Waals surface area contributed by atoms with Gasteiger partial charge in [0.25, 0.3) is 5.89 Å². The maximum Gasteiger partial charge on any atom is 0.253 e. The summed E-state index contributed by atoms with van der Waals surface area (Å²) in [6.07, 6.45) is 9.80. The summed E-state index contributed by atoms with van der Waals surface area (Å²) >= 11 is 0. The molecule has 0 radical (unpaired) electrons. The summed E-state index contributed by atoms with van der Waals surface area (Å²) in [5, 5.41) is 15.5. The first kappa shape index (κ1) is 21.7. The van der Waals surface area contributed by atoms with Gasteiger partial charge in [0.1, 0.15) is 5.82 Å². The SMILES string of the molecule is CN1CCN(Cc2nnc(-c3cnc(NCCc4ccncc4)nc3NC3CCC3)o2)CC1. The van der Waals surface area contributed by atoms with Gasteiger partial charge in [0, 0.05) is 57.4 Å². The van der Waals surface area contributed by atoms with Crippen LogP contribution in [-0.4, -0.2) is 80.8 Å². The second-order valence-corrected chi connectivity index (χ2v) is 8.84. The number of hydrogen-bond acceptors (Lipinski definition) is 10. The van der Waals surface area contributed by atoms with Crippen molar-refractivity contribution in [1.82, 2.24) is 34.9 Å². The molecule has 5 rings (SSSR count). The Balaban J connectivity index is 1.27. The molecule has 0 bridgehead atoms. The van der Waals surface area contributed by atoms with E-state index in [1.165, 1.54) is 12.0 Å². The molecule has 3 aromatic heterocycles. The van der Waals surface area contributed by atoms with Crippen LogP contribution in [0.25, 0.3) is 11.5 Å². The van der Waals surface area contributed by atoms with Crippen LogP contribution in [0.5, 0.6) is 0 Å². The molecule has 3 aromatic rings. The molecule has 1 aliphatic carbocycles. The Bertz CT molecular complexity index is 1030. The highest BCUT2D eigenvalue weighted by Gasteiger charge is 2.23. The molecule has 1 aliphatic heterocycles. The molecule has 0 amide bonds. The molecule has 0 unspecified atom stereocenters. The maximum absolute atomic E-state index is 6.03. The van der Waals surface area contributed by atoms with Gasteiger partial charge in [0.2, 0.25) is 11.8 Å². The third-order valence-corrected chi connectivity index (χ3v) is 6.33. The minimum absolute atomic E-state index is 0.427. The zero-order chi connectivity index (χ0) is 22.5. The smallest absolute Gasteiger partial charge is 0.253 e. The van der Waals surface area contributed by atoms with Gasteiger partial charge in [-0.3, -0.25) is 9.88 Å². The molecular weight excluding hydrogens is 418 g/mol. The van der Waals surface area contributed by atoms with Crippen molar-refractivity contribution in [2.24, 2.45) is 0 Å². The van der Waals surface area contributed by atoms with Crippen LogP contribution < -0.4 is 10.6 Å². The molecule has 2 aliphatic rings. The molecule has 10 nitrogen and oxygen atoms in total. The number of anilines is 2. The largest absolute Gasteiger partial charge is 0.419 e. The minimum Gasteiger partial charge on any atom is -0.419 e. The summed E-state index contributed by atoms with van der Waals surface area (Å²) in [5.74, 6) is 2.43. The van der Waals surface area contributed by atoms with Gasteiger partial charge in [0.15, 0.2) is 0 Å². The van der Waals surface area contributed by atoms with Crippen molar-refractivity contribution in [2.75, 3.05) is 50.4 Å². The maximum atomic E-state index is 6.03. The normalized spacial score (nSPS) is 17.6. The van der Waals surface area contributed by atoms with Crippen molar-refractivity contribution >= 4 is 11.8 Å². The van der Waals surface area contributed by atoms with Crippen LogP contribution in [0.3, 0.4) is 0 Å². The summed E-state index contributed by atoms with van der Waals surface area (Å²) in [6.45, 7) is 5.53. The van der Waals surface area contributed by atoms with Crippen molar-refractivity contribution in [3.8, 4) is 11.5 Å². The van der Waals surface area contributed by atoms with Gasteiger partial charge in [-0.05, 0) is 50.4 Å². The van der Waals surface area contributed by atoms with Crippen LogP contribution in [0.1, 0.15) is 30.7 Å². The average molecular weight is 450 g/mol. The Labute approximate surface area is 193 Å². The van der Waals surface area contributed by atoms with Crippen molar-refractivity contribution in [2.45, 2.75) is 38.3 Å². The number of hydrogen-bond donors (Lipinski definition) is 2. The summed E-state index contributed by atoms with van der Waals surface area (Å²) in [4.78, 5) is 18.0. The number of aromatic nitrogens is 5. The second kappa shape index (κ2) is 10.2. The molecule has 174 valence electrons. The monoisotopic (exact) mass is 449 g/mol. The van der Waals surface area contributed by atoms with Gasteiger partial charge in [-0.15, -0.1) is 10.2 Å². The number of rotatable bonds is 9. The first-order valence-electron chi connectivity index (χ1n) is 11.7. The second-order valence-electron chi connectivity index (χ2n) is 8.84. The van der Waals surface area contributed by atoms with E-state index in [9.17, 15) is 0 Å². The summed E-state index contributed by atoms with van der Waals surface area (Å²) < 4.78 is 6.03. The Hall–Kier alpha value is -3.11. The molecule has 1 saturated carbocycles. The molecule has 2 fully saturated rings. The van der Waals surface area contributed by atoms with Gasteiger partial charge >= 0.3 is 0 Å².